The summed E-state index contributed by atoms with van der Waals surface area (Å²) in [5.74, 6) is -0.716. The number of sulfonamides is 1. The Labute approximate surface area is 144 Å². The largest absolute Gasteiger partial charge is 0.376 e. The third-order valence-corrected chi connectivity index (χ3v) is 4.58. The number of amides is 1. The van der Waals surface area contributed by atoms with Gasteiger partial charge in [-0.15, -0.1) is 0 Å². The van der Waals surface area contributed by atoms with E-state index in [1.54, 1.807) is 0 Å². The van der Waals surface area contributed by atoms with E-state index in [-0.39, 0.29) is 23.6 Å². The van der Waals surface area contributed by atoms with Crippen molar-refractivity contribution < 1.29 is 22.9 Å². The summed E-state index contributed by atoms with van der Waals surface area (Å²) in [5, 5.41) is 10.6. The van der Waals surface area contributed by atoms with Crippen molar-refractivity contribution >= 4 is 21.6 Å². The van der Waals surface area contributed by atoms with Crippen LogP contribution in [0.1, 0.15) is 12.0 Å². The van der Waals surface area contributed by atoms with Gasteiger partial charge in [0.15, 0.2) is 0 Å². The molecule has 1 N–H and O–H groups in total. The number of nitro groups is 1. The standard InChI is InChI=1S/C16H16N2O6S/c19-16(10-11-24-12-13-4-2-1-3-5-13)17-25(22,23)15-8-6-14(7-9-15)18(20)21/h1-9H,10-12H2,(H,17,19). The highest BCUT2D eigenvalue weighted by Gasteiger charge is 2.18. The van der Waals surface area contributed by atoms with Crippen molar-refractivity contribution in [3.05, 3.63) is 70.3 Å². The zero-order chi connectivity index (χ0) is 18.3. The molecule has 0 heterocycles. The number of hydrogen-bond donors (Lipinski definition) is 1. The summed E-state index contributed by atoms with van der Waals surface area (Å²) in [6.45, 7) is 0.389. The van der Waals surface area contributed by atoms with E-state index in [0.29, 0.717) is 6.61 Å². The number of non-ortho nitro benzene ring substituents is 1. The molecule has 132 valence electrons. The molecule has 9 heteroatoms. The first-order valence-electron chi connectivity index (χ1n) is 7.30. The Morgan fingerprint density at radius 2 is 1.72 bits per heavy atom. The minimum Gasteiger partial charge on any atom is -0.376 e. The topological polar surface area (TPSA) is 116 Å². The Hall–Kier alpha value is -2.78. The molecule has 2 rings (SSSR count). The van der Waals surface area contributed by atoms with Gasteiger partial charge in [0.1, 0.15) is 0 Å². The summed E-state index contributed by atoms with van der Waals surface area (Å²) >= 11 is 0. The predicted molar refractivity (Wildman–Crippen MR) is 89.1 cm³/mol. The Balaban J connectivity index is 1.83. The van der Waals surface area contributed by atoms with Crippen LogP contribution in [-0.4, -0.2) is 25.9 Å². The van der Waals surface area contributed by atoms with Gasteiger partial charge in [0, 0.05) is 12.1 Å². The third-order valence-electron chi connectivity index (χ3n) is 3.19. The van der Waals surface area contributed by atoms with Gasteiger partial charge in [-0.1, -0.05) is 30.3 Å². The van der Waals surface area contributed by atoms with E-state index in [1.807, 2.05) is 35.1 Å². The molecule has 2 aromatic carbocycles. The molecule has 0 fully saturated rings. The zero-order valence-electron chi connectivity index (χ0n) is 13.1. The Kier molecular flexibility index (Phi) is 6.20. The maximum absolute atomic E-state index is 12.0. The molecule has 0 radical (unpaired) electrons. The molecule has 0 bridgehead atoms. The minimum atomic E-state index is -4.07. The smallest absolute Gasteiger partial charge is 0.269 e. The number of carbonyl (C=O) groups excluding carboxylic acids is 1. The summed E-state index contributed by atoms with van der Waals surface area (Å²) < 4.78 is 31.3. The molecule has 25 heavy (non-hydrogen) atoms. The van der Waals surface area contributed by atoms with Crippen LogP contribution in [-0.2, 0) is 26.2 Å². The monoisotopic (exact) mass is 364 g/mol. The van der Waals surface area contributed by atoms with Crippen LogP contribution in [0, 0.1) is 10.1 Å². The molecule has 2 aromatic rings. The molecule has 0 aromatic heterocycles. The van der Waals surface area contributed by atoms with Gasteiger partial charge < -0.3 is 4.74 Å². The van der Waals surface area contributed by atoms with Crippen LogP contribution in [0.5, 0.6) is 0 Å². The Morgan fingerprint density at radius 3 is 2.32 bits per heavy atom. The molecule has 8 nitrogen and oxygen atoms in total. The first-order valence-corrected chi connectivity index (χ1v) is 8.78. The third kappa shape index (κ3) is 5.66. The molecule has 0 saturated heterocycles. The second-order valence-corrected chi connectivity index (χ2v) is 6.75. The van der Waals surface area contributed by atoms with E-state index in [2.05, 4.69) is 0 Å². The Morgan fingerprint density at radius 1 is 1.08 bits per heavy atom. The summed E-state index contributed by atoms with van der Waals surface area (Å²) in [6, 6.07) is 13.6. The van der Waals surface area contributed by atoms with Gasteiger partial charge in [0.05, 0.1) is 29.5 Å². The van der Waals surface area contributed by atoms with E-state index in [4.69, 9.17) is 4.74 Å². The van der Waals surface area contributed by atoms with Crippen molar-refractivity contribution in [3.63, 3.8) is 0 Å². The van der Waals surface area contributed by atoms with Crippen LogP contribution in [0.15, 0.2) is 59.5 Å². The average molecular weight is 364 g/mol. The first kappa shape index (κ1) is 18.6. The van der Waals surface area contributed by atoms with E-state index in [9.17, 15) is 23.3 Å². The van der Waals surface area contributed by atoms with Crippen LogP contribution < -0.4 is 4.72 Å². The highest BCUT2D eigenvalue weighted by Crippen LogP contribution is 2.15. The van der Waals surface area contributed by atoms with Gasteiger partial charge in [-0.05, 0) is 17.7 Å². The molecule has 0 aliphatic heterocycles. The number of rotatable bonds is 8. The highest BCUT2D eigenvalue weighted by atomic mass is 32.2. The van der Waals surface area contributed by atoms with Crippen LogP contribution in [0.2, 0.25) is 0 Å². The summed E-state index contributed by atoms with van der Waals surface area (Å²) in [5.41, 5.74) is 0.709. The van der Waals surface area contributed by atoms with Crippen LogP contribution in [0.25, 0.3) is 0 Å². The van der Waals surface area contributed by atoms with E-state index >= 15 is 0 Å². The molecule has 1 amide bonds. The molecule has 0 aliphatic carbocycles. The molecule has 0 atom stereocenters. The fourth-order valence-electron chi connectivity index (χ4n) is 1.94. The van der Waals surface area contributed by atoms with Crippen LogP contribution in [0.3, 0.4) is 0 Å². The number of nitrogens with one attached hydrogen (secondary N) is 1. The second kappa shape index (κ2) is 8.36. The number of carbonyl (C=O) groups is 1. The zero-order valence-corrected chi connectivity index (χ0v) is 13.9. The van der Waals surface area contributed by atoms with E-state index in [1.165, 1.54) is 0 Å². The lowest BCUT2D eigenvalue weighted by molar-refractivity contribution is -0.384. The quantitative estimate of drug-likeness (QED) is 0.435. The molecule has 0 aliphatic rings. The molecular weight excluding hydrogens is 348 g/mol. The average Bonchev–Trinajstić information content (AvgIpc) is 2.59. The van der Waals surface area contributed by atoms with Crippen molar-refractivity contribution in [1.29, 1.82) is 0 Å². The highest BCUT2D eigenvalue weighted by molar-refractivity contribution is 7.90. The maximum atomic E-state index is 12.0. The van der Waals surface area contributed by atoms with E-state index < -0.39 is 20.9 Å². The summed E-state index contributed by atoms with van der Waals surface area (Å²) in [6.07, 6.45) is -0.126. The Bertz CT molecular complexity index is 835. The number of ether oxygens (including phenoxy) is 1. The van der Waals surface area contributed by atoms with Gasteiger partial charge in [-0.3, -0.25) is 14.9 Å². The molecular formula is C16H16N2O6S. The predicted octanol–water partition coefficient (Wildman–Crippen LogP) is 2.01. The van der Waals surface area contributed by atoms with Gasteiger partial charge in [-0.25, -0.2) is 13.1 Å². The van der Waals surface area contributed by atoms with Crippen molar-refractivity contribution in [3.8, 4) is 0 Å². The number of nitrogens with zero attached hydrogens (tertiary/aromatic N) is 1. The lowest BCUT2D eigenvalue weighted by Gasteiger charge is -2.07. The van der Waals surface area contributed by atoms with E-state index in [0.717, 1.165) is 29.8 Å². The fourth-order valence-corrected chi connectivity index (χ4v) is 2.95. The molecule has 0 saturated carbocycles. The van der Waals surface area contributed by atoms with Gasteiger partial charge in [0.2, 0.25) is 5.91 Å². The summed E-state index contributed by atoms with van der Waals surface area (Å²) in [7, 11) is -4.07. The SMILES string of the molecule is O=C(CCOCc1ccccc1)NS(=O)(=O)c1ccc([N+](=O)[O-])cc1. The van der Waals surface area contributed by atoms with Gasteiger partial charge >= 0.3 is 0 Å². The van der Waals surface area contributed by atoms with Gasteiger partial charge in [-0.2, -0.15) is 0 Å². The second-order valence-electron chi connectivity index (χ2n) is 5.07. The van der Waals surface area contributed by atoms with Crippen molar-refractivity contribution in [2.24, 2.45) is 0 Å². The van der Waals surface area contributed by atoms with Crippen molar-refractivity contribution in [2.75, 3.05) is 6.61 Å². The van der Waals surface area contributed by atoms with Crippen molar-refractivity contribution in [2.45, 2.75) is 17.9 Å². The number of hydrogen-bond acceptors (Lipinski definition) is 6. The van der Waals surface area contributed by atoms with Crippen LogP contribution >= 0.6 is 0 Å². The molecule has 0 unspecified atom stereocenters. The lowest BCUT2D eigenvalue weighted by atomic mass is 10.2. The van der Waals surface area contributed by atoms with Gasteiger partial charge in [0.25, 0.3) is 15.7 Å². The van der Waals surface area contributed by atoms with Crippen molar-refractivity contribution in [1.82, 2.24) is 4.72 Å². The first-order chi connectivity index (χ1) is 11.9. The summed E-state index contributed by atoms with van der Waals surface area (Å²) in [4.78, 5) is 21.4. The fraction of sp³-hybridized carbons (Fsp3) is 0.188. The number of benzene rings is 2. The minimum absolute atomic E-state index is 0.0660. The maximum Gasteiger partial charge on any atom is 0.269 e. The molecule has 0 spiro atoms. The normalized spacial score (nSPS) is 11.0. The van der Waals surface area contributed by atoms with Crippen LogP contribution in [0.4, 0.5) is 5.69 Å². The number of nitro benzene ring substituents is 1. The lowest BCUT2D eigenvalue weighted by Crippen LogP contribution is -2.31.